The van der Waals surface area contributed by atoms with Crippen molar-refractivity contribution in [1.82, 2.24) is 29.6 Å². The summed E-state index contributed by atoms with van der Waals surface area (Å²) in [5, 5.41) is 9.66. The van der Waals surface area contributed by atoms with E-state index in [4.69, 9.17) is 16.3 Å². The first kappa shape index (κ1) is 30.1. The highest BCUT2D eigenvalue weighted by atomic mass is 35.5. The Labute approximate surface area is 249 Å². The summed E-state index contributed by atoms with van der Waals surface area (Å²) in [7, 11) is -3.58. The smallest absolute Gasteiger partial charge is 0.355 e. The van der Waals surface area contributed by atoms with Crippen LogP contribution in [0.3, 0.4) is 0 Å². The van der Waals surface area contributed by atoms with E-state index in [9.17, 15) is 17.6 Å². The Hall–Kier alpha value is -3.32. The van der Waals surface area contributed by atoms with Crippen molar-refractivity contribution in [2.45, 2.75) is 38.1 Å². The van der Waals surface area contributed by atoms with Gasteiger partial charge in [0.1, 0.15) is 17.2 Å². The van der Waals surface area contributed by atoms with Gasteiger partial charge in [0.2, 0.25) is 10.0 Å². The predicted molar refractivity (Wildman–Crippen MR) is 158 cm³/mol. The molecule has 0 saturated carbocycles. The molecule has 13 heteroatoms. The third-order valence-corrected chi connectivity index (χ3v) is 9.03. The maximum absolute atomic E-state index is 14.2. The Morgan fingerprint density at radius 2 is 1.93 bits per heavy atom. The van der Waals surface area contributed by atoms with E-state index in [1.54, 1.807) is 29.1 Å². The van der Waals surface area contributed by atoms with Gasteiger partial charge in [-0.1, -0.05) is 30.7 Å². The van der Waals surface area contributed by atoms with Gasteiger partial charge in [-0.25, -0.2) is 22.3 Å². The molecule has 42 heavy (non-hydrogen) atoms. The molecular weight excluding hydrogens is 583 g/mol. The number of carbonyl (C=O) groups is 1. The molecule has 1 aliphatic rings. The average molecular weight is 617 g/mol. The van der Waals surface area contributed by atoms with Crippen LogP contribution in [-0.4, -0.2) is 72.1 Å². The number of aromatic nitrogens is 4. The second-order valence-electron chi connectivity index (χ2n) is 11.0. The van der Waals surface area contributed by atoms with E-state index in [-0.39, 0.29) is 23.1 Å². The van der Waals surface area contributed by atoms with Gasteiger partial charge in [0, 0.05) is 41.1 Å². The van der Waals surface area contributed by atoms with Crippen LogP contribution < -0.4 is 4.72 Å². The minimum atomic E-state index is -3.58. The minimum Gasteiger partial charge on any atom is -0.461 e. The third kappa shape index (κ3) is 7.17. The van der Waals surface area contributed by atoms with Gasteiger partial charge in [0.25, 0.3) is 0 Å². The van der Waals surface area contributed by atoms with Gasteiger partial charge >= 0.3 is 5.97 Å². The van der Waals surface area contributed by atoms with Crippen molar-refractivity contribution in [1.29, 1.82) is 0 Å². The first-order chi connectivity index (χ1) is 20.1. The zero-order valence-electron chi connectivity index (χ0n) is 23.5. The number of carbonyl (C=O) groups excluding carboxylic acids is 1. The lowest BCUT2D eigenvalue weighted by Crippen LogP contribution is -2.40. The van der Waals surface area contributed by atoms with Gasteiger partial charge in [0.15, 0.2) is 0 Å². The summed E-state index contributed by atoms with van der Waals surface area (Å²) in [6, 6.07) is 10.4. The van der Waals surface area contributed by atoms with Crippen LogP contribution in [0.1, 0.15) is 37.2 Å². The van der Waals surface area contributed by atoms with E-state index in [0.717, 1.165) is 25.9 Å². The van der Waals surface area contributed by atoms with Crippen molar-refractivity contribution in [3.63, 3.8) is 0 Å². The molecule has 2 aromatic carbocycles. The molecule has 2 aromatic heterocycles. The molecule has 224 valence electrons. The molecule has 0 unspecified atom stereocenters. The lowest BCUT2D eigenvalue weighted by molar-refractivity contribution is 0.0454. The summed E-state index contributed by atoms with van der Waals surface area (Å²) in [6.07, 6.45) is 3.62. The number of hydrogen-bond acceptors (Lipinski definition) is 7. The maximum Gasteiger partial charge on any atom is 0.355 e. The van der Waals surface area contributed by atoms with Crippen molar-refractivity contribution >= 4 is 38.5 Å². The normalized spacial score (nSPS) is 15.1. The number of halogens is 2. The van der Waals surface area contributed by atoms with Crippen LogP contribution >= 0.6 is 11.6 Å². The summed E-state index contributed by atoms with van der Waals surface area (Å²) in [4.78, 5) is 18.4. The molecule has 0 bridgehead atoms. The molecule has 0 aliphatic carbocycles. The number of piperidine rings is 1. The second kappa shape index (κ2) is 12.9. The lowest BCUT2D eigenvalue weighted by Gasteiger charge is -2.31. The molecule has 4 aromatic rings. The van der Waals surface area contributed by atoms with Crippen LogP contribution in [0.25, 0.3) is 22.2 Å². The fraction of sp³-hybridized carbons (Fsp3) is 0.414. The molecule has 3 heterocycles. The number of likely N-dealkylation sites (tertiary alicyclic amines) is 1. The molecule has 1 fully saturated rings. The third-order valence-electron chi connectivity index (χ3n) is 7.30. The summed E-state index contributed by atoms with van der Waals surface area (Å²) in [5.74, 6) is -0.405. The molecule has 0 atom stereocenters. The van der Waals surface area contributed by atoms with Crippen LogP contribution in [0.5, 0.6) is 0 Å². The first-order valence-corrected chi connectivity index (χ1v) is 15.8. The zero-order valence-corrected chi connectivity index (χ0v) is 25.1. The highest BCUT2D eigenvalue weighted by Crippen LogP contribution is 2.32. The van der Waals surface area contributed by atoms with Crippen molar-refractivity contribution in [2.75, 3.05) is 32.8 Å². The fourth-order valence-corrected chi connectivity index (χ4v) is 6.24. The summed E-state index contributed by atoms with van der Waals surface area (Å²) in [6.45, 7) is 7.42. The molecule has 10 nitrogen and oxygen atoms in total. The van der Waals surface area contributed by atoms with Gasteiger partial charge < -0.3 is 14.6 Å². The Bertz CT molecular complexity index is 1650. The summed E-state index contributed by atoms with van der Waals surface area (Å²) >= 11 is 5.86. The monoisotopic (exact) mass is 616 g/mol. The Kier molecular flexibility index (Phi) is 9.26. The molecule has 0 radical (unpaired) electrons. The van der Waals surface area contributed by atoms with Crippen molar-refractivity contribution in [2.24, 2.45) is 11.8 Å². The highest BCUT2D eigenvalue weighted by molar-refractivity contribution is 7.89. The van der Waals surface area contributed by atoms with E-state index in [1.165, 1.54) is 24.3 Å². The number of rotatable bonds is 11. The van der Waals surface area contributed by atoms with E-state index < -0.39 is 21.8 Å². The van der Waals surface area contributed by atoms with Gasteiger partial charge in [0.05, 0.1) is 17.7 Å². The van der Waals surface area contributed by atoms with Crippen LogP contribution in [0.4, 0.5) is 4.39 Å². The molecule has 2 N–H and O–H groups in total. The van der Waals surface area contributed by atoms with E-state index in [0.29, 0.717) is 52.7 Å². The zero-order chi connectivity index (χ0) is 29.9. The number of sulfonamides is 1. The van der Waals surface area contributed by atoms with E-state index in [2.05, 4.69) is 24.9 Å². The van der Waals surface area contributed by atoms with Gasteiger partial charge in [-0.15, -0.1) is 5.10 Å². The van der Waals surface area contributed by atoms with Crippen LogP contribution in [0.15, 0.2) is 53.6 Å². The fourth-order valence-electron chi connectivity index (χ4n) is 5.09. The Morgan fingerprint density at radius 3 is 2.64 bits per heavy atom. The average Bonchev–Trinajstić information content (AvgIpc) is 3.57. The molecule has 1 aliphatic heterocycles. The maximum atomic E-state index is 14.2. The minimum absolute atomic E-state index is 0.171. The second-order valence-corrected chi connectivity index (χ2v) is 13.2. The van der Waals surface area contributed by atoms with Crippen molar-refractivity contribution in [3.05, 3.63) is 65.2 Å². The van der Waals surface area contributed by atoms with Gasteiger partial charge in [-0.2, -0.15) is 0 Å². The number of nitrogens with one attached hydrogen (secondary N) is 2. The Balaban J connectivity index is 1.18. The number of ether oxygens (including phenoxy) is 1. The topological polar surface area (TPSA) is 122 Å². The number of nitrogens with zero attached hydrogens (tertiary/aromatic N) is 4. The highest BCUT2D eigenvalue weighted by Gasteiger charge is 2.25. The molecular formula is C29H34ClFN6O4S. The first-order valence-electron chi connectivity index (χ1n) is 14.0. The number of esters is 1. The molecule has 5 rings (SSSR count). The largest absolute Gasteiger partial charge is 0.461 e. The van der Waals surface area contributed by atoms with Gasteiger partial charge in [-0.05, 0) is 80.2 Å². The van der Waals surface area contributed by atoms with Crippen LogP contribution in [0.2, 0.25) is 5.02 Å². The standard InChI is InChI=1S/C29H34ClFN6O4S/c1-19(2)18-41-29(38)28-27(24-15-22(31)5-8-25(24)33-28)26-17-37(35-34-26)16-20-9-12-36(13-10-20)14-11-32-42(39,40)23-6-3-21(30)4-7-23/h3-8,15,17,19-20,32-33H,9-14,16,18H2,1-2H3. The number of hydrogen-bond donors (Lipinski definition) is 2. The van der Waals surface area contributed by atoms with E-state index >= 15 is 0 Å². The Morgan fingerprint density at radius 1 is 1.19 bits per heavy atom. The molecule has 1 saturated heterocycles. The number of fused-ring (bicyclic) bond motifs is 1. The number of aromatic amines is 1. The number of H-pyrrole nitrogens is 1. The summed E-state index contributed by atoms with van der Waals surface area (Å²) in [5.41, 5.74) is 1.78. The molecule has 0 amide bonds. The molecule has 0 spiro atoms. The number of benzene rings is 2. The SMILES string of the molecule is CC(C)COC(=O)c1[nH]c2ccc(F)cc2c1-c1cn(CC2CCN(CCNS(=O)(=O)c3ccc(Cl)cc3)CC2)nn1. The quantitative estimate of drug-likeness (QED) is 0.234. The van der Waals surface area contributed by atoms with Gasteiger partial charge in [-0.3, -0.25) is 4.68 Å². The summed E-state index contributed by atoms with van der Waals surface area (Å²) < 4.78 is 49.0. The van der Waals surface area contributed by atoms with Crippen LogP contribution in [-0.2, 0) is 21.3 Å². The van der Waals surface area contributed by atoms with E-state index in [1.807, 2.05) is 13.8 Å². The lowest BCUT2D eigenvalue weighted by atomic mass is 9.97. The van der Waals surface area contributed by atoms with Crippen molar-refractivity contribution < 1.29 is 22.3 Å². The predicted octanol–water partition coefficient (Wildman–Crippen LogP) is 4.72. The van der Waals surface area contributed by atoms with Crippen LogP contribution in [0, 0.1) is 17.7 Å². The van der Waals surface area contributed by atoms with Crippen molar-refractivity contribution in [3.8, 4) is 11.3 Å².